The first-order valence-corrected chi connectivity index (χ1v) is 41.6. The molecule has 4 aliphatic heterocycles. The van der Waals surface area contributed by atoms with E-state index in [-0.39, 0.29) is 213 Å². The lowest BCUT2D eigenvalue weighted by Gasteiger charge is -2.62. The maximum absolute atomic E-state index is 12.4. The Morgan fingerprint density at radius 2 is 0.758 bits per heavy atom. The second-order valence-corrected chi connectivity index (χ2v) is 38.6. The van der Waals surface area contributed by atoms with Gasteiger partial charge in [-0.2, -0.15) is 0 Å². The molecule has 12 aliphatic carbocycles. The lowest BCUT2D eigenvalue weighted by molar-refractivity contribution is -0.264. The van der Waals surface area contributed by atoms with Crippen LogP contribution in [0.5, 0.6) is 0 Å². The summed E-state index contributed by atoms with van der Waals surface area (Å²) in [6, 6.07) is 0. The molecule has 16 rings (SSSR count). The Bertz CT molecular complexity index is 3100. The molecule has 0 radical (unpaired) electrons. The highest BCUT2D eigenvalue weighted by Gasteiger charge is 2.71. The van der Waals surface area contributed by atoms with E-state index in [0.29, 0.717) is 64.2 Å². The van der Waals surface area contributed by atoms with Crippen molar-refractivity contribution in [2.75, 3.05) is 7.11 Å². The number of rotatable bonds is 21. The molecule has 0 aromatic rings. The Hall–Kier alpha value is -4.97. The molecule has 16 aliphatic rings. The van der Waals surface area contributed by atoms with Gasteiger partial charge in [-0.3, -0.25) is 43.2 Å². The Labute approximate surface area is 731 Å². The van der Waals surface area contributed by atoms with Crippen molar-refractivity contribution >= 4 is 53.7 Å². The number of hydrogen-bond acceptors (Lipinski definition) is 23. The van der Waals surface area contributed by atoms with Crippen molar-refractivity contribution in [1.29, 1.82) is 0 Å². The minimum atomic E-state index is -0.829. The number of aliphatic hydroxyl groups is 4. The van der Waals surface area contributed by atoms with Crippen LogP contribution in [0.15, 0.2) is 0 Å². The van der Waals surface area contributed by atoms with E-state index in [0.717, 1.165) is 103 Å². The molecule has 4 heterocycles. The fourth-order valence-corrected chi connectivity index (χ4v) is 20.6. The van der Waals surface area contributed by atoms with Gasteiger partial charge in [-0.25, -0.2) is 0 Å². The van der Waals surface area contributed by atoms with Crippen LogP contribution in [0.25, 0.3) is 0 Å². The SMILES string of the molecule is C.C.C.C.C.C.C.C.C.C.C.C.CCC(C)(C)C(=O)OC1C2CC3C(=O)OC1C3O2.CCC(C)(C)C(=O)OC1C2CC3C1OC(=O)C3C2C(=O)OC.CCC(C)C(=O)OC12CC3CC(O)(CC(O)(C3)C1)C2.CCC(C)C(=O)OC12CC3CC(O)(CC(O)(C3)C1)C2.CCC1(OC(=O)C(C)(C)CC)CCCC1.CCC1(OC(=O)C(C)(C)CC)CCCC1. The Morgan fingerprint density at radius 1 is 0.425 bits per heavy atom. The van der Waals surface area contributed by atoms with E-state index in [9.17, 15) is 63.6 Å². The van der Waals surface area contributed by atoms with E-state index in [4.69, 9.17) is 47.4 Å². The number of ether oxygens (including phenoxy) is 10. The van der Waals surface area contributed by atoms with E-state index in [2.05, 4.69) is 13.8 Å². The molecule has 17 atom stereocenters. The third-order valence-electron chi connectivity index (χ3n) is 28.6. The van der Waals surface area contributed by atoms with Crippen LogP contribution in [0.4, 0.5) is 0 Å². The first-order valence-electron chi connectivity index (χ1n) is 41.6. The smallest absolute Gasteiger partial charge is 0.312 e. The minimum absolute atomic E-state index is 0. The second-order valence-electron chi connectivity index (χ2n) is 38.6. The zero-order valence-electron chi connectivity index (χ0n) is 68.9. The molecular weight excluding hydrogens is 1530 g/mol. The van der Waals surface area contributed by atoms with Crippen LogP contribution >= 0.6 is 0 Å². The van der Waals surface area contributed by atoms with E-state index in [1.807, 2.05) is 111 Å². The highest BCUT2D eigenvalue weighted by atomic mass is 16.7. The highest BCUT2D eigenvalue weighted by molar-refractivity contribution is 5.87. The maximum Gasteiger partial charge on any atom is 0.312 e. The van der Waals surface area contributed by atoms with Crippen LogP contribution in [-0.4, -0.2) is 163 Å². The molecule has 12 bridgehead atoms. The van der Waals surface area contributed by atoms with Crippen molar-refractivity contribution in [3.05, 3.63) is 0 Å². The van der Waals surface area contributed by atoms with Gasteiger partial charge in [0.1, 0.15) is 40.7 Å². The third-order valence-corrected chi connectivity index (χ3v) is 28.6. The second kappa shape index (κ2) is 45.5. The number of esters is 9. The summed E-state index contributed by atoms with van der Waals surface area (Å²) in [6.07, 6.45) is 22.1. The van der Waals surface area contributed by atoms with Gasteiger partial charge in [0, 0.05) is 50.4 Å². The minimum Gasteiger partial charge on any atom is -0.469 e. The Morgan fingerprint density at radius 3 is 1.07 bits per heavy atom. The van der Waals surface area contributed by atoms with Crippen LogP contribution in [0.3, 0.4) is 0 Å². The summed E-state index contributed by atoms with van der Waals surface area (Å²) < 4.78 is 55.5. The lowest BCUT2D eigenvalue weighted by atomic mass is 9.50. The summed E-state index contributed by atoms with van der Waals surface area (Å²) in [5.74, 6) is -2.94. The van der Waals surface area contributed by atoms with Crippen LogP contribution < -0.4 is 0 Å². The highest BCUT2D eigenvalue weighted by Crippen LogP contribution is 2.63. The van der Waals surface area contributed by atoms with E-state index >= 15 is 0 Å². The molecule has 710 valence electrons. The molecular formula is C97H184O23. The average Bonchev–Trinajstić information content (AvgIpc) is 0.976. The molecule has 12 saturated carbocycles. The lowest BCUT2D eigenvalue weighted by Crippen LogP contribution is -2.67. The number of hydrogen-bond donors (Lipinski definition) is 4. The van der Waals surface area contributed by atoms with Crippen molar-refractivity contribution in [2.45, 2.75) is 488 Å². The number of carbonyl (C=O) groups is 9. The largest absolute Gasteiger partial charge is 0.469 e. The molecule has 17 unspecified atom stereocenters. The van der Waals surface area contributed by atoms with Gasteiger partial charge in [0.25, 0.3) is 0 Å². The molecule has 4 N–H and O–H groups in total. The van der Waals surface area contributed by atoms with Gasteiger partial charge >= 0.3 is 53.7 Å². The predicted octanol–water partition coefficient (Wildman–Crippen LogP) is 20.9. The van der Waals surface area contributed by atoms with Crippen LogP contribution in [-0.2, 0) is 90.5 Å². The molecule has 0 amide bonds. The van der Waals surface area contributed by atoms with Gasteiger partial charge in [-0.1, -0.05) is 158 Å². The molecule has 16 fully saturated rings. The summed E-state index contributed by atoms with van der Waals surface area (Å²) >= 11 is 0. The molecule has 23 nitrogen and oxygen atoms in total. The first-order chi connectivity index (χ1) is 50.2. The quantitative estimate of drug-likeness (QED) is 0.0613. The summed E-state index contributed by atoms with van der Waals surface area (Å²) in [5.41, 5.74) is -6.59. The van der Waals surface area contributed by atoms with Crippen LogP contribution in [0.1, 0.15) is 406 Å². The van der Waals surface area contributed by atoms with Gasteiger partial charge in [0.2, 0.25) is 0 Å². The van der Waals surface area contributed by atoms with Crippen LogP contribution in [0, 0.1) is 74.9 Å². The standard InChI is InChI=1S/C16H22O6.2C15H24O4.C13H18O5.2C13H24O2.12CH4/c1-5-16(2,3)15(19)22-12-7-6-8-10(9(7)13(17)20-4)14(18)21-11(8)12;2*1-3-10(2)12(16)19-15-6-11-4-13(17,8-15)7-14(18,5-11)9-15;1-4-13(2,3)12(15)18-9-7-5-6-8(16-7)10(9)17-11(6)14;2*1-5-12(3,4)11(14)15-13(6-2)9-7-8-10-13;;;;;;;;;;;;/h7-12H,5-6H2,1-4H3;2*10-11,17-18H,3-9H2,1-2H3;6-10H,4-5H2,1-3H3;2*5-10H2,1-4H3;12*1H4. The summed E-state index contributed by atoms with van der Waals surface area (Å²) in [4.78, 5) is 108. The van der Waals surface area contributed by atoms with Crippen molar-refractivity contribution in [2.24, 2.45) is 74.9 Å². The molecule has 120 heavy (non-hydrogen) atoms. The van der Waals surface area contributed by atoms with Crippen LogP contribution in [0.2, 0.25) is 0 Å². The normalized spacial score (nSPS) is 33.9. The number of methoxy groups -OCH3 is 1. The van der Waals surface area contributed by atoms with Gasteiger partial charge in [0.05, 0.1) is 86.9 Å². The molecule has 4 saturated heterocycles. The zero-order chi connectivity index (χ0) is 80.1. The fraction of sp³-hybridized carbons (Fsp3) is 0.907. The molecule has 0 aromatic heterocycles. The van der Waals surface area contributed by atoms with E-state index in [1.165, 1.54) is 32.8 Å². The summed E-state index contributed by atoms with van der Waals surface area (Å²) in [5, 5.41) is 42.4. The maximum atomic E-state index is 12.4. The fourth-order valence-electron chi connectivity index (χ4n) is 20.6. The van der Waals surface area contributed by atoms with Crippen molar-refractivity contribution in [1.82, 2.24) is 0 Å². The van der Waals surface area contributed by atoms with Gasteiger partial charge in [-0.05, 0) is 221 Å². The Balaban J connectivity index is -0.000000663. The molecule has 23 heteroatoms. The van der Waals surface area contributed by atoms with Gasteiger partial charge < -0.3 is 67.8 Å². The average molecular weight is 1720 g/mol. The first kappa shape index (κ1) is 121. The molecule has 0 aromatic carbocycles. The van der Waals surface area contributed by atoms with E-state index in [1.54, 1.807) is 0 Å². The third kappa shape index (κ3) is 25.7. The van der Waals surface area contributed by atoms with Gasteiger partial charge in [-0.15, -0.1) is 0 Å². The van der Waals surface area contributed by atoms with Crippen molar-refractivity contribution < 1.29 is 111 Å². The topological polar surface area (TPSA) is 327 Å². The van der Waals surface area contributed by atoms with Gasteiger partial charge in [0.15, 0.2) is 12.2 Å². The number of fused-ring (bicyclic) bond motifs is 2. The zero-order valence-corrected chi connectivity index (χ0v) is 68.9. The van der Waals surface area contributed by atoms with Crippen molar-refractivity contribution in [3.63, 3.8) is 0 Å². The van der Waals surface area contributed by atoms with E-state index < -0.39 is 86.7 Å². The van der Waals surface area contributed by atoms with Crippen molar-refractivity contribution in [3.8, 4) is 0 Å². The molecule has 0 spiro atoms. The predicted molar refractivity (Wildman–Crippen MR) is 478 cm³/mol. The Kier molecular flexibility index (Phi) is 46.0. The monoisotopic (exact) mass is 1720 g/mol. The number of carbonyl (C=O) groups excluding carboxylic acids is 9. The summed E-state index contributed by atoms with van der Waals surface area (Å²) in [6.45, 7) is 35.1. The summed E-state index contributed by atoms with van der Waals surface area (Å²) in [7, 11) is 1.31.